The first-order valence-corrected chi connectivity index (χ1v) is 7.97. The zero-order valence-corrected chi connectivity index (χ0v) is 13.6. The van der Waals surface area contributed by atoms with E-state index in [1.807, 2.05) is 48.7 Å². The van der Waals surface area contributed by atoms with Crippen LogP contribution in [0, 0.1) is 5.92 Å². The Bertz CT molecular complexity index is 599. The molecule has 2 unspecified atom stereocenters. The van der Waals surface area contributed by atoms with Gasteiger partial charge in [0.05, 0.1) is 12.5 Å². The van der Waals surface area contributed by atoms with E-state index in [2.05, 4.69) is 24.1 Å². The lowest BCUT2D eigenvalue weighted by Gasteiger charge is -2.22. The molecule has 1 heterocycles. The number of pyridine rings is 1. The molecule has 0 aliphatic heterocycles. The van der Waals surface area contributed by atoms with Gasteiger partial charge >= 0.3 is 0 Å². The van der Waals surface area contributed by atoms with Gasteiger partial charge in [-0.2, -0.15) is 0 Å². The molecule has 2 rings (SSSR count). The van der Waals surface area contributed by atoms with Gasteiger partial charge in [-0.25, -0.2) is 0 Å². The van der Waals surface area contributed by atoms with E-state index in [9.17, 15) is 9.90 Å². The van der Waals surface area contributed by atoms with Crippen molar-refractivity contribution in [1.82, 2.24) is 10.3 Å². The van der Waals surface area contributed by atoms with E-state index in [0.717, 1.165) is 11.1 Å². The highest BCUT2D eigenvalue weighted by molar-refractivity contribution is 5.76. The normalized spacial score (nSPS) is 13.6. The first-order valence-electron chi connectivity index (χ1n) is 7.97. The Morgan fingerprint density at radius 2 is 1.83 bits per heavy atom. The summed E-state index contributed by atoms with van der Waals surface area (Å²) in [6.45, 7) is 4.80. The summed E-state index contributed by atoms with van der Waals surface area (Å²) in [4.78, 5) is 16.2. The van der Waals surface area contributed by atoms with Crippen molar-refractivity contribution in [2.75, 3.05) is 6.54 Å². The Kier molecular flexibility index (Phi) is 6.29. The molecule has 1 aromatic carbocycles. The van der Waals surface area contributed by atoms with Crippen LogP contribution in [0.5, 0.6) is 0 Å². The van der Waals surface area contributed by atoms with Gasteiger partial charge in [-0.05, 0) is 23.1 Å². The summed E-state index contributed by atoms with van der Waals surface area (Å²) in [6, 6.07) is 13.2. The van der Waals surface area contributed by atoms with Crippen LogP contribution in [0.1, 0.15) is 43.4 Å². The maximum Gasteiger partial charge on any atom is 0.222 e. The Morgan fingerprint density at radius 1 is 1.13 bits per heavy atom. The minimum atomic E-state index is -0.771. The standard InChI is InChI=1S/C19H24N2O2/c1-14(2)17(16-9-6-10-20-12-16)13-21-19(23)11-18(22)15-7-4-3-5-8-15/h3-10,12,14,17-18,22H,11,13H2,1-2H3,(H,21,23). The number of hydrogen-bond donors (Lipinski definition) is 2. The van der Waals surface area contributed by atoms with Gasteiger partial charge in [-0.3, -0.25) is 9.78 Å². The van der Waals surface area contributed by atoms with E-state index < -0.39 is 6.10 Å². The number of carbonyl (C=O) groups is 1. The van der Waals surface area contributed by atoms with Crippen molar-refractivity contribution in [3.63, 3.8) is 0 Å². The molecular formula is C19H24N2O2. The minimum absolute atomic E-state index is 0.0713. The molecule has 2 aromatic rings. The number of amides is 1. The summed E-state index contributed by atoms with van der Waals surface area (Å²) in [5.41, 5.74) is 1.88. The van der Waals surface area contributed by atoms with Gasteiger partial charge in [0.25, 0.3) is 0 Å². The van der Waals surface area contributed by atoms with Crippen LogP contribution in [-0.2, 0) is 4.79 Å². The minimum Gasteiger partial charge on any atom is -0.388 e. The second-order valence-electron chi connectivity index (χ2n) is 6.07. The lowest BCUT2D eigenvalue weighted by molar-refractivity contribution is -0.123. The molecule has 0 saturated heterocycles. The predicted octanol–water partition coefficient (Wildman–Crippen LogP) is 3.06. The molecule has 0 radical (unpaired) electrons. The number of hydrogen-bond acceptors (Lipinski definition) is 3. The van der Waals surface area contributed by atoms with Gasteiger partial charge < -0.3 is 10.4 Å². The third-order valence-corrected chi connectivity index (χ3v) is 4.00. The van der Waals surface area contributed by atoms with Crippen LogP contribution in [0.2, 0.25) is 0 Å². The molecule has 0 aliphatic carbocycles. The molecule has 1 aromatic heterocycles. The molecule has 1 amide bonds. The van der Waals surface area contributed by atoms with Crippen LogP contribution in [-0.4, -0.2) is 22.5 Å². The van der Waals surface area contributed by atoms with Crippen molar-refractivity contribution < 1.29 is 9.90 Å². The van der Waals surface area contributed by atoms with E-state index in [1.54, 1.807) is 6.20 Å². The molecule has 0 aliphatic rings. The molecular weight excluding hydrogens is 288 g/mol. The number of aliphatic hydroxyl groups is 1. The van der Waals surface area contributed by atoms with Crippen LogP contribution >= 0.6 is 0 Å². The van der Waals surface area contributed by atoms with Gasteiger partial charge in [0.15, 0.2) is 0 Å². The third kappa shape index (κ3) is 5.18. The second-order valence-corrected chi connectivity index (χ2v) is 6.07. The number of aromatic nitrogens is 1. The zero-order valence-electron chi connectivity index (χ0n) is 13.6. The van der Waals surface area contributed by atoms with Crippen LogP contribution < -0.4 is 5.32 Å². The molecule has 4 heteroatoms. The second kappa shape index (κ2) is 8.44. The van der Waals surface area contributed by atoms with Crippen molar-refractivity contribution >= 4 is 5.91 Å². The topological polar surface area (TPSA) is 62.2 Å². The van der Waals surface area contributed by atoms with Crippen molar-refractivity contribution in [2.24, 2.45) is 5.92 Å². The predicted molar refractivity (Wildman–Crippen MR) is 90.8 cm³/mol. The van der Waals surface area contributed by atoms with E-state index in [4.69, 9.17) is 0 Å². The number of benzene rings is 1. The summed E-state index contributed by atoms with van der Waals surface area (Å²) in [6.07, 6.45) is 2.89. The highest BCUT2D eigenvalue weighted by Crippen LogP contribution is 2.23. The fourth-order valence-electron chi connectivity index (χ4n) is 2.60. The highest BCUT2D eigenvalue weighted by atomic mass is 16.3. The number of carbonyl (C=O) groups excluding carboxylic acids is 1. The highest BCUT2D eigenvalue weighted by Gasteiger charge is 2.18. The summed E-state index contributed by atoms with van der Waals surface area (Å²) < 4.78 is 0. The van der Waals surface area contributed by atoms with E-state index in [-0.39, 0.29) is 18.2 Å². The Balaban J connectivity index is 1.89. The molecule has 2 N–H and O–H groups in total. The van der Waals surface area contributed by atoms with E-state index in [0.29, 0.717) is 12.5 Å². The van der Waals surface area contributed by atoms with Crippen LogP contribution in [0.3, 0.4) is 0 Å². The van der Waals surface area contributed by atoms with Crippen LogP contribution in [0.25, 0.3) is 0 Å². The van der Waals surface area contributed by atoms with Crippen molar-refractivity contribution in [2.45, 2.75) is 32.3 Å². The molecule has 0 spiro atoms. The van der Waals surface area contributed by atoms with Gasteiger partial charge in [-0.1, -0.05) is 50.2 Å². The van der Waals surface area contributed by atoms with Crippen molar-refractivity contribution in [1.29, 1.82) is 0 Å². The molecule has 0 bridgehead atoms. The van der Waals surface area contributed by atoms with Crippen LogP contribution in [0.15, 0.2) is 54.9 Å². The first-order chi connectivity index (χ1) is 11.1. The summed E-state index contributed by atoms with van der Waals surface area (Å²) in [5, 5.41) is 13.0. The lowest BCUT2D eigenvalue weighted by atomic mass is 9.89. The Morgan fingerprint density at radius 3 is 2.43 bits per heavy atom. The average molecular weight is 312 g/mol. The van der Waals surface area contributed by atoms with Gasteiger partial charge in [0.2, 0.25) is 5.91 Å². The first kappa shape index (κ1) is 17.2. The fourth-order valence-corrected chi connectivity index (χ4v) is 2.60. The number of rotatable bonds is 7. The van der Waals surface area contributed by atoms with Gasteiger partial charge in [0.1, 0.15) is 0 Å². The lowest BCUT2D eigenvalue weighted by Crippen LogP contribution is -2.31. The smallest absolute Gasteiger partial charge is 0.222 e. The van der Waals surface area contributed by atoms with Crippen molar-refractivity contribution in [3.8, 4) is 0 Å². The monoisotopic (exact) mass is 312 g/mol. The largest absolute Gasteiger partial charge is 0.388 e. The van der Waals surface area contributed by atoms with Gasteiger partial charge in [-0.15, -0.1) is 0 Å². The molecule has 122 valence electrons. The third-order valence-electron chi connectivity index (χ3n) is 4.00. The maximum atomic E-state index is 12.1. The number of nitrogens with one attached hydrogen (secondary N) is 1. The van der Waals surface area contributed by atoms with Crippen molar-refractivity contribution in [3.05, 3.63) is 66.0 Å². The molecule has 0 fully saturated rings. The SMILES string of the molecule is CC(C)C(CNC(=O)CC(O)c1ccccc1)c1cccnc1. The molecule has 23 heavy (non-hydrogen) atoms. The Hall–Kier alpha value is -2.20. The number of aliphatic hydroxyl groups excluding tert-OH is 1. The summed E-state index contributed by atoms with van der Waals surface area (Å²) in [7, 11) is 0. The molecule has 2 atom stereocenters. The summed E-state index contributed by atoms with van der Waals surface area (Å²) in [5.74, 6) is 0.455. The zero-order chi connectivity index (χ0) is 16.7. The quantitative estimate of drug-likeness (QED) is 0.826. The molecule has 4 nitrogen and oxygen atoms in total. The average Bonchev–Trinajstić information content (AvgIpc) is 2.56. The summed E-state index contributed by atoms with van der Waals surface area (Å²) >= 11 is 0. The van der Waals surface area contributed by atoms with Gasteiger partial charge in [0, 0.05) is 24.9 Å². The van der Waals surface area contributed by atoms with Crippen LogP contribution in [0.4, 0.5) is 0 Å². The number of nitrogens with zero attached hydrogens (tertiary/aromatic N) is 1. The molecule has 0 saturated carbocycles. The van der Waals surface area contributed by atoms with E-state index >= 15 is 0 Å². The van der Waals surface area contributed by atoms with E-state index in [1.165, 1.54) is 0 Å². The maximum absolute atomic E-state index is 12.1. The Labute approximate surface area is 137 Å². The fraction of sp³-hybridized carbons (Fsp3) is 0.368.